The number of carbonyl (C=O) groups is 1. The molecule has 10 heteroatoms. The number of hydrogen-bond acceptors (Lipinski definition) is 4. The largest absolute Gasteiger partial charge is 0.420 e. The summed E-state index contributed by atoms with van der Waals surface area (Å²) in [6.07, 6.45) is -1.72. The van der Waals surface area contributed by atoms with Gasteiger partial charge in [-0.15, -0.1) is 0 Å². The number of halogens is 4. The van der Waals surface area contributed by atoms with E-state index in [1.54, 1.807) is 17.0 Å². The van der Waals surface area contributed by atoms with E-state index in [-0.39, 0.29) is 5.11 Å². The van der Waals surface area contributed by atoms with Crippen LogP contribution in [0.25, 0.3) is 0 Å². The second kappa shape index (κ2) is 8.69. The van der Waals surface area contributed by atoms with Gasteiger partial charge in [-0.3, -0.25) is 9.69 Å². The van der Waals surface area contributed by atoms with Gasteiger partial charge in [-0.05, 0) is 74.2 Å². The lowest BCUT2D eigenvalue weighted by Gasteiger charge is -2.43. The molecule has 1 aliphatic carbocycles. The highest BCUT2D eigenvalue weighted by Crippen LogP contribution is 2.49. The highest BCUT2D eigenvalue weighted by molar-refractivity contribution is 7.81. The number of anilines is 2. The molecular formula is C24H18F4N4OS. The summed E-state index contributed by atoms with van der Waals surface area (Å²) in [4.78, 5) is 15.9. The van der Waals surface area contributed by atoms with E-state index < -0.39 is 40.3 Å². The Hall–Kier alpha value is -3.50. The lowest BCUT2D eigenvalue weighted by molar-refractivity contribution is -0.140. The number of alkyl halides is 3. The summed E-state index contributed by atoms with van der Waals surface area (Å²) < 4.78 is 55.7. The number of hydrogen-bond donors (Lipinski definition) is 0. The van der Waals surface area contributed by atoms with Crippen LogP contribution in [-0.4, -0.2) is 16.6 Å². The van der Waals surface area contributed by atoms with Crippen molar-refractivity contribution in [3.8, 4) is 12.1 Å². The SMILES string of the molecule is N#CCCCc1ccc(N2C(=S)N(c3ccc(C#N)c(C(F)(F)F)c3F)C(=O)C23CCC3)cc1. The van der Waals surface area contributed by atoms with E-state index in [0.29, 0.717) is 44.2 Å². The molecule has 2 aromatic carbocycles. The van der Waals surface area contributed by atoms with Gasteiger partial charge in [0.15, 0.2) is 10.9 Å². The molecule has 1 heterocycles. The molecule has 1 saturated heterocycles. The van der Waals surface area contributed by atoms with E-state index in [1.807, 2.05) is 12.1 Å². The molecule has 174 valence electrons. The monoisotopic (exact) mass is 486 g/mol. The van der Waals surface area contributed by atoms with Crippen molar-refractivity contribution in [2.75, 3.05) is 9.80 Å². The Labute approximate surface area is 198 Å². The molecule has 0 N–H and O–H groups in total. The first kappa shape index (κ1) is 23.7. The van der Waals surface area contributed by atoms with Gasteiger partial charge >= 0.3 is 6.18 Å². The van der Waals surface area contributed by atoms with Crippen LogP contribution in [0.1, 0.15) is 48.8 Å². The number of aryl methyl sites for hydroxylation is 1. The topological polar surface area (TPSA) is 71.1 Å². The molecule has 4 rings (SSSR count). The molecule has 1 aliphatic heterocycles. The van der Waals surface area contributed by atoms with E-state index in [4.69, 9.17) is 22.7 Å². The second-order valence-electron chi connectivity index (χ2n) is 8.25. The number of nitriles is 2. The van der Waals surface area contributed by atoms with Gasteiger partial charge in [-0.1, -0.05) is 12.1 Å². The summed E-state index contributed by atoms with van der Waals surface area (Å²) in [5.74, 6) is -2.29. The number of thiocarbonyl (C=S) groups is 1. The van der Waals surface area contributed by atoms with Gasteiger partial charge in [0.25, 0.3) is 5.91 Å². The third-order valence-electron chi connectivity index (χ3n) is 6.31. The molecule has 0 atom stereocenters. The van der Waals surface area contributed by atoms with Crippen molar-refractivity contribution in [3.63, 3.8) is 0 Å². The molecule has 0 radical (unpaired) electrons. The molecule has 2 aromatic rings. The van der Waals surface area contributed by atoms with Crippen LogP contribution in [0, 0.1) is 28.5 Å². The molecule has 5 nitrogen and oxygen atoms in total. The first-order valence-electron chi connectivity index (χ1n) is 10.6. The molecule has 0 bridgehead atoms. The standard InChI is InChI=1S/C24H18F4N4OS/c25-20-18(10-7-16(14-30)19(20)24(26,27)28)31-21(33)23(11-3-12-23)32(22(31)34)17-8-5-15(6-9-17)4-1-2-13-29/h5-10H,1-4,11-12H2. The van der Waals surface area contributed by atoms with Crippen molar-refractivity contribution in [2.24, 2.45) is 0 Å². The van der Waals surface area contributed by atoms with Gasteiger partial charge in [0, 0.05) is 12.1 Å². The maximum atomic E-state index is 15.2. The molecule has 0 aromatic heterocycles. The summed E-state index contributed by atoms with van der Waals surface area (Å²) >= 11 is 5.51. The van der Waals surface area contributed by atoms with Gasteiger partial charge < -0.3 is 4.90 Å². The average Bonchev–Trinajstić information content (AvgIpc) is 3.00. The van der Waals surface area contributed by atoms with Crippen LogP contribution >= 0.6 is 12.2 Å². The lowest BCUT2D eigenvalue weighted by Crippen LogP contribution is -2.55. The number of nitrogens with zero attached hydrogens (tertiary/aromatic N) is 4. The van der Waals surface area contributed by atoms with Crippen LogP contribution in [0.5, 0.6) is 0 Å². The Morgan fingerprint density at radius 1 is 1.09 bits per heavy atom. The van der Waals surface area contributed by atoms with Crippen molar-refractivity contribution in [2.45, 2.75) is 50.2 Å². The normalized spacial score (nSPS) is 17.0. The minimum atomic E-state index is -5.12. The van der Waals surface area contributed by atoms with Crippen LogP contribution in [0.3, 0.4) is 0 Å². The first-order valence-corrected chi connectivity index (χ1v) is 11.0. The molecule has 2 aliphatic rings. The number of benzene rings is 2. The van der Waals surface area contributed by atoms with Crippen LogP contribution in [-0.2, 0) is 17.4 Å². The summed E-state index contributed by atoms with van der Waals surface area (Å²) in [6, 6.07) is 12.5. The zero-order valence-corrected chi connectivity index (χ0v) is 18.6. The van der Waals surface area contributed by atoms with E-state index in [1.165, 1.54) is 6.07 Å². The minimum Gasteiger partial charge on any atom is -0.303 e. The fourth-order valence-electron chi connectivity index (χ4n) is 4.48. The van der Waals surface area contributed by atoms with E-state index >= 15 is 4.39 Å². The van der Waals surface area contributed by atoms with Crippen molar-refractivity contribution in [1.82, 2.24) is 0 Å². The van der Waals surface area contributed by atoms with Gasteiger partial charge in [-0.25, -0.2) is 4.39 Å². The molecule has 1 saturated carbocycles. The van der Waals surface area contributed by atoms with Crippen molar-refractivity contribution < 1.29 is 22.4 Å². The van der Waals surface area contributed by atoms with Crippen molar-refractivity contribution in [3.05, 3.63) is 58.9 Å². The van der Waals surface area contributed by atoms with Gasteiger partial charge in [0.1, 0.15) is 11.1 Å². The molecule has 1 spiro atoms. The summed E-state index contributed by atoms with van der Waals surface area (Å²) in [5, 5.41) is 17.6. The number of carbonyl (C=O) groups excluding carboxylic acids is 1. The fraction of sp³-hybridized carbons (Fsp3) is 0.333. The van der Waals surface area contributed by atoms with Crippen molar-refractivity contribution >= 4 is 34.6 Å². The molecule has 34 heavy (non-hydrogen) atoms. The number of amides is 1. The quantitative estimate of drug-likeness (QED) is 0.312. The van der Waals surface area contributed by atoms with Crippen molar-refractivity contribution in [1.29, 1.82) is 10.5 Å². The number of rotatable bonds is 5. The van der Waals surface area contributed by atoms with E-state index in [2.05, 4.69) is 6.07 Å². The maximum absolute atomic E-state index is 15.2. The maximum Gasteiger partial charge on any atom is 0.420 e. The Bertz CT molecular complexity index is 1240. The molecule has 2 fully saturated rings. The Morgan fingerprint density at radius 2 is 1.76 bits per heavy atom. The average molecular weight is 486 g/mol. The zero-order valence-electron chi connectivity index (χ0n) is 17.8. The highest BCUT2D eigenvalue weighted by atomic mass is 32.1. The summed E-state index contributed by atoms with van der Waals surface area (Å²) in [6.45, 7) is 0. The van der Waals surface area contributed by atoms with Crippen LogP contribution in [0.4, 0.5) is 28.9 Å². The second-order valence-corrected chi connectivity index (χ2v) is 8.62. The van der Waals surface area contributed by atoms with E-state index in [9.17, 15) is 18.0 Å². The van der Waals surface area contributed by atoms with E-state index in [0.717, 1.165) is 22.6 Å². The summed E-state index contributed by atoms with van der Waals surface area (Å²) in [5.41, 5.74) is -2.72. The molecular weight excluding hydrogens is 468 g/mol. The van der Waals surface area contributed by atoms with Gasteiger partial charge in [0.2, 0.25) is 0 Å². The van der Waals surface area contributed by atoms with Gasteiger partial charge in [-0.2, -0.15) is 23.7 Å². The fourth-order valence-corrected chi connectivity index (χ4v) is 4.95. The molecule has 0 unspecified atom stereocenters. The Balaban J connectivity index is 1.75. The zero-order chi connectivity index (χ0) is 24.7. The van der Waals surface area contributed by atoms with Crippen LogP contribution in [0.2, 0.25) is 0 Å². The predicted molar refractivity (Wildman–Crippen MR) is 120 cm³/mol. The Morgan fingerprint density at radius 3 is 2.29 bits per heavy atom. The first-order chi connectivity index (χ1) is 16.2. The van der Waals surface area contributed by atoms with Gasteiger partial charge in [0.05, 0.1) is 23.4 Å². The predicted octanol–water partition coefficient (Wildman–Crippen LogP) is 5.62. The Kier molecular flexibility index (Phi) is 6.05. The third kappa shape index (κ3) is 3.68. The highest BCUT2D eigenvalue weighted by Gasteiger charge is 2.60. The lowest BCUT2D eigenvalue weighted by atomic mass is 9.75. The minimum absolute atomic E-state index is 0.112. The third-order valence-corrected chi connectivity index (χ3v) is 6.67. The van der Waals surface area contributed by atoms with Crippen LogP contribution in [0.15, 0.2) is 36.4 Å². The smallest absolute Gasteiger partial charge is 0.303 e. The molecule has 1 amide bonds. The summed E-state index contributed by atoms with van der Waals surface area (Å²) in [7, 11) is 0. The van der Waals surface area contributed by atoms with Crippen LogP contribution < -0.4 is 9.80 Å². The number of unbranched alkanes of at least 4 members (excludes halogenated alkanes) is 1.